The molecule has 0 saturated heterocycles. The predicted molar refractivity (Wildman–Crippen MR) is 46.5 cm³/mol. The molecule has 0 unspecified atom stereocenters. The van der Waals surface area contributed by atoms with Crippen molar-refractivity contribution in [1.29, 1.82) is 0 Å². The molecular weight excluding hydrogens is 183 g/mol. The molecule has 0 fully saturated rings. The van der Waals surface area contributed by atoms with Gasteiger partial charge in [0, 0.05) is 11.3 Å². The van der Waals surface area contributed by atoms with Gasteiger partial charge in [-0.2, -0.15) is 0 Å². The van der Waals surface area contributed by atoms with Crippen LogP contribution in [0.1, 0.15) is 6.42 Å². The topological polar surface area (TPSA) is 57.5 Å². The first-order chi connectivity index (χ1) is 5.00. The van der Waals surface area contributed by atoms with Gasteiger partial charge in [0.25, 0.3) is 0 Å². The van der Waals surface area contributed by atoms with Crippen LogP contribution in [0.25, 0.3) is 0 Å². The van der Waals surface area contributed by atoms with Gasteiger partial charge in [0.05, 0.1) is 5.31 Å². The van der Waals surface area contributed by atoms with Crippen molar-refractivity contribution < 1.29 is 14.4 Å². The van der Waals surface area contributed by atoms with E-state index in [9.17, 15) is 4.57 Å². The Kier molecular flexibility index (Phi) is 2.40. The van der Waals surface area contributed by atoms with Crippen LogP contribution in [0.3, 0.4) is 0 Å². The summed E-state index contributed by atoms with van der Waals surface area (Å²) < 4.78 is 10.6. The maximum Gasteiger partial charge on any atom is 0.356 e. The average Bonchev–Trinajstić information content (AvgIpc) is 1.86. The molecule has 0 amide bonds. The Hall–Kier alpha value is -0.280. The molecular formula is C6H7O3PS. The van der Waals surface area contributed by atoms with E-state index in [1.165, 1.54) is 12.2 Å². The van der Waals surface area contributed by atoms with Crippen LogP contribution in [0.2, 0.25) is 0 Å². The highest BCUT2D eigenvalue weighted by atomic mass is 32.1. The summed E-state index contributed by atoms with van der Waals surface area (Å²) in [6.45, 7) is 0. The number of hydrogen-bond acceptors (Lipinski definition) is 2. The van der Waals surface area contributed by atoms with Crippen molar-refractivity contribution >= 4 is 24.7 Å². The van der Waals surface area contributed by atoms with Crippen molar-refractivity contribution in [2.45, 2.75) is 6.42 Å². The minimum atomic E-state index is -4.09. The van der Waals surface area contributed by atoms with Gasteiger partial charge >= 0.3 is 7.60 Å². The third-order valence-corrected chi connectivity index (χ3v) is 2.49. The summed E-state index contributed by atoms with van der Waals surface area (Å²) in [7, 11) is -4.09. The van der Waals surface area contributed by atoms with Gasteiger partial charge in [0.1, 0.15) is 0 Å². The molecule has 0 aliphatic heterocycles. The summed E-state index contributed by atoms with van der Waals surface area (Å²) in [5.74, 6) is 0. The van der Waals surface area contributed by atoms with Gasteiger partial charge in [-0.1, -0.05) is 24.4 Å². The van der Waals surface area contributed by atoms with E-state index in [2.05, 4.69) is 0 Å². The van der Waals surface area contributed by atoms with Crippen LogP contribution in [-0.2, 0) is 4.57 Å². The average molecular weight is 190 g/mol. The highest BCUT2D eigenvalue weighted by Gasteiger charge is 2.19. The summed E-state index contributed by atoms with van der Waals surface area (Å²) >= 11 is 4.78. The maximum absolute atomic E-state index is 10.6. The van der Waals surface area contributed by atoms with Gasteiger partial charge in [-0.3, -0.25) is 4.57 Å². The maximum atomic E-state index is 10.6. The van der Waals surface area contributed by atoms with Gasteiger partial charge in [-0.15, -0.1) is 0 Å². The van der Waals surface area contributed by atoms with Crippen LogP contribution < -0.4 is 0 Å². The van der Waals surface area contributed by atoms with E-state index >= 15 is 0 Å². The Morgan fingerprint density at radius 3 is 2.55 bits per heavy atom. The molecule has 3 nitrogen and oxygen atoms in total. The van der Waals surface area contributed by atoms with Crippen LogP contribution >= 0.6 is 19.8 Å². The fraction of sp³-hybridized carbons (Fsp3) is 0.167. The third-order valence-electron chi connectivity index (χ3n) is 1.25. The lowest BCUT2D eigenvalue weighted by Gasteiger charge is -2.08. The monoisotopic (exact) mass is 190 g/mol. The van der Waals surface area contributed by atoms with E-state index in [4.69, 9.17) is 22.0 Å². The second-order valence-corrected chi connectivity index (χ2v) is 4.31. The molecule has 0 bridgehead atoms. The van der Waals surface area contributed by atoms with E-state index in [0.717, 1.165) is 0 Å². The Bertz CT molecular complexity index is 286. The second kappa shape index (κ2) is 2.99. The highest BCUT2D eigenvalue weighted by molar-refractivity contribution is 7.80. The van der Waals surface area contributed by atoms with Crippen LogP contribution in [0, 0.1) is 0 Å². The number of hydrogen-bond donors (Lipinski definition) is 2. The first-order valence-electron chi connectivity index (χ1n) is 2.97. The minimum absolute atomic E-state index is 0.00810. The lowest BCUT2D eigenvalue weighted by atomic mass is 10.2. The van der Waals surface area contributed by atoms with Gasteiger partial charge in [0.2, 0.25) is 0 Å². The smallest absolute Gasteiger partial charge is 0.321 e. The quantitative estimate of drug-likeness (QED) is 0.484. The van der Waals surface area contributed by atoms with Crippen molar-refractivity contribution in [3.63, 3.8) is 0 Å². The zero-order valence-electron chi connectivity index (χ0n) is 5.60. The van der Waals surface area contributed by atoms with Gasteiger partial charge in [0.15, 0.2) is 0 Å². The number of allylic oxidation sites excluding steroid dienone is 4. The number of rotatable bonds is 1. The van der Waals surface area contributed by atoms with Crippen LogP contribution in [0.5, 0.6) is 0 Å². The van der Waals surface area contributed by atoms with E-state index in [-0.39, 0.29) is 5.31 Å². The van der Waals surface area contributed by atoms with E-state index in [0.29, 0.717) is 11.3 Å². The fourth-order valence-electron chi connectivity index (χ4n) is 0.749. The summed E-state index contributed by atoms with van der Waals surface area (Å²) in [6, 6.07) is 0. The molecule has 0 heterocycles. The van der Waals surface area contributed by atoms with E-state index in [1.54, 1.807) is 6.08 Å². The van der Waals surface area contributed by atoms with Gasteiger partial charge in [-0.25, -0.2) is 0 Å². The SMILES string of the molecule is O=P(O)(O)C1=CC(=S)CC=C1. The molecule has 0 radical (unpaired) electrons. The zero-order chi connectivity index (χ0) is 8.48. The van der Waals surface area contributed by atoms with Crippen LogP contribution in [0.4, 0.5) is 0 Å². The molecule has 1 aliphatic rings. The molecule has 5 heteroatoms. The standard InChI is InChI=1S/C6H7O3PS/c7-10(8,9)5-2-1-3-6(11)4-5/h1-2,4H,3H2,(H2,7,8,9). The van der Waals surface area contributed by atoms with Crippen LogP contribution in [0.15, 0.2) is 23.5 Å². The largest absolute Gasteiger partial charge is 0.356 e. The lowest BCUT2D eigenvalue weighted by Crippen LogP contribution is -1.95. The Morgan fingerprint density at radius 2 is 2.18 bits per heavy atom. The van der Waals surface area contributed by atoms with Crippen molar-refractivity contribution in [2.75, 3.05) is 0 Å². The Labute approximate surface area is 69.6 Å². The summed E-state index contributed by atoms with van der Waals surface area (Å²) in [4.78, 5) is 17.9. The predicted octanol–water partition coefficient (Wildman–Crippen LogP) is 1.38. The Balaban J connectivity index is 2.98. The first kappa shape index (κ1) is 8.81. The molecule has 0 aromatic heterocycles. The second-order valence-electron chi connectivity index (χ2n) is 2.19. The molecule has 11 heavy (non-hydrogen) atoms. The zero-order valence-corrected chi connectivity index (χ0v) is 7.31. The molecule has 0 atom stereocenters. The van der Waals surface area contributed by atoms with E-state index in [1.807, 2.05) is 0 Å². The van der Waals surface area contributed by atoms with Crippen molar-refractivity contribution in [3.05, 3.63) is 23.5 Å². The molecule has 60 valence electrons. The molecule has 0 spiro atoms. The van der Waals surface area contributed by atoms with Gasteiger partial charge < -0.3 is 9.79 Å². The lowest BCUT2D eigenvalue weighted by molar-refractivity contribution is 0.383. The summed E-state index contributed by atoms with van der Waals surface area (Å²) in [5, 5.41) is 0.00810. The van der Waals surface area contributed by atoms with Crippen molar-refractivity contribution in [2.24, 2.45) is 0 Å². The molecule has 2 N–H and O–H groups in total. The summed E-state index contributed by atoms with van der Waals surface area (Å²) in [5.41, 5.74) is 0. The van der Waals surface area contributed by atoms with Gasteiger partial charge in [-0.05, 0) is 6.08 Å². The summed E-state index contributed by atoms with van der Waals surface area (Å²) in [6.07, 6.45) is 5.02. The normalized spacial score (nSPS) is 18.4. The molecule has 0 aromatic rings. The van der Waals surface area contributed by atoms with E-state index < -0.39 is 7.60 Å². The van der Waals surface area contributed by atoms with Crippen molar-refractivity contribution in [3.8, 4) is 0 Å². The molecule has 0 aromatic carbocycles. The Morgan fingerprint density at radius 1 is 1.55 bits per heavy atom. The van der Waals surface area contributed by atoms with Crippen LogP contribution in [-0.4, -0.2) is 14.7 Å². The molecule has 1 rings (SSSR count). The minimum Gasteiger partial charge on any atom is -0.321 e. The fourth-order valence-corrected chi connectivity index (χ4v) is 1.68. The molecule has 0 saturated carbocycles. The van der Waals surface area contributed by atoms with Crippen molar-refractivity contribution in [1.82, 2.24) is 0 Å². The first-order valence-corrected chi connectivity index (χ1v) is 4.99. The number of thiocarbonyl (C=S) groups is 1. The highest BCUT2D eigenvalue weighted by Crippen LogP contribution is 2.46. The molecule has 1 aliphatic carbocycles. The third kappa shape index (κ3) is 2.34.